The third-order valence-electron chi connectivity index (χ3n) is 2.86. The lowest BCUT2D eigenvalue weighted by Crippen LogP contribution is -2.40. The number of hydrogen-bond acceptors (Lipinski definition) is 1. The normalized spacial score (nSPS) is 12.9. The van der Waals surface area contributed by atoms with Gasteiger partial charge in [0.25, 0.3) is 0 Å². The lowest BCUT2D eigenvalue weighted by Gasteiger charge is -2.27. The summed E-state index contributed by atoms with van der Waals surface area (Å²) in [4.78, 5) is 14.0. The van der Waals surface area contributed by atoms with Gasteiger partial charge in [-0.15, -0.1) is 0 Å². The highest BCUT2D eigenvalue weighted by atomic mass is 79.9. The van der Waals surface area contributed by atoms with E-state index in [1.54, 1.807) is 0 Å². The molecular weight excluding hydrogens is 254 g/mol. The van der Waals surface area contributed by atoms with E-state index in [4.69, 9.17) is 0 Å². The van der Waals surface area contributed by atoms with Crippen LogP contribution in [0.1, 0.15) is 46.5 Å². The van der Waals surface area contributed by atoms with Gasteiger partial charge in [-0.2, -0.15) is 0 Å². The molecule has 3 heteroatoms. The predicted molar refractivity (Wildman–Crippen MR) is 69.3 cm³/mol. The van der Waals surface area contributed by atoms with Crippen molar-refractivity contribution >= 4 is 21.8 Å². The lowest BCUT2D eigenvalue weighted by molar-refractivity contribution is -0.136. The standard InChI is InChI=1S/C12H24BrNO/c1-5-7-11(8-6-2)12(15)14(4)10(3)9-13/h10-11H,5-9H2,1-4H3. The molecule has 90 valence electrons. The molecule has 0 rings (SSSR count). The minimum absolute atomic E-state index is 0.228. The number of rotatable bonds is 7. The highest BCUT2D eigenvalue weighted by Gasteiger charge is 2.22. The van der Waals surface area contributed by atoms with Crippen molar-refractivity contribution in [1.82, 2.24) is 4.90 Å². The van der Waals surface area contributed by atoms with E-state index in [1.165, 1.54) is 0 Å². The zero-order valence-electron chi connectivity index (χ0n) is 10.4. The first kappa shape index (κ1) is 14.9. The number of carbonyl (C=O) groups excluding carboxylic acids is 1. The number of alkyl halides is 1. The van der Waals surface area contributed by atoms with Gasteiger partial charge in [-0.05, 0) is 19.8 Å². The molecule has 0 saturated heterocycles. The molecule has 0 spiro atoms. The highest BCUT2D eigenvalue weighted by molar-refractivity contribution is 9.09. The zero-order chi connectivity index (χ0) is 11.8. The van der Waals surface area contributed by atoms with Gasteiger partial charge in [0, 0.05) is 24.3 Å². The van der Waals surface area contributed by atoms with E-state index in [2.05, 4.69) is 36.7 Å². The Balaban J connectivity index is 4.33. The van der Waals surface area contributed by atoms with Crippen molar-refractivity contribution in [3.05, 3.63) is 0 Å². The number of halogens is 1. The van der Waals surface area contributed by atoms with Gasteiger partial charge >= 0.3 is 0 Å². The van der Waals surface area contributed by atoms with Crippen molar-refractivity contribution in [3.63, 3.8) is 0 Å². The summed E-state index contributed by atoms with van der Waals surface area (Å²) in [6.07, 6.45) is 4.22. The molecule has 0 radical (unpaired) electrons. The van der Waals surface area contributed by atoms with Gasteiger partial charge in [0.05, 0.1) is 0 Å². The summed E-state index contributed by atoms with van der Waals surface area (Å²) in [6, 6.07) is 0.286. The van der Waals surface area contributed by atoms with Gasteiger partial charge in [-0.1, -0.05) is 42.6 Å². The molecule has 0 saturated carbocycles. The average Bonchev–Trinajstić information content (AvgIpc) is 2.25. The van der Waals surface area contributed by atoms with E-state index in [9.17, 15) is 4.79 Å². The van der Waals surface area contributed by atoms with E-state index >= 15 is 0 Å². The van der Waals surface area contributed by atoms with Crippen LogP contribution in [0.25, 0.3) is 0 Å². The van der Waals surface area contributed by atoms with Crippen LogP contribution < -0.4 is 0 Å². The molecule has 0 aliphatic carbocycles. The molecule has 15 heavy (non-hydrogen) atoms. The molecule has 0 aromatic heterocycles. The molecule has 0 bridgehead atoms. The Morgan fingerprint density at radius 3 is 2.07 bits per heavy atom. The van der Waals surface area contributed by atoms with Crippen LogP contribution in [0.5, 0.6) is 0 Å². The third kappa shape index (κ3) is 5.01. The Bertz CT molecular complexity index is 178. The molecule has 1 unspecified atom stereocenters. The molecule has 0 fully saturated rings. The second kappa shape index (κ2) is 8.14. The van der Waals surface area contributed by atoms with Gasteiger partial charge < -0.3 is 4.90 Å². The highest BCUT2D eigenvalue weighted by Crippen LogP contribution is 2.17. The fourth-order valence-corrected chi connectivity index (χ4v) is 2.13. The van der Waals surface area contributed by atoms with Gasteiger partial charge in [0.2, 0.25) is 5.91 Å². The van der Waals surface area contributed by atoms with Crippen molar-refractivity contribution in [2.24, 2.45) is 5.92 Å². The summed E-state index contributed by atoms with van der Waals surface area (Å²) < 4.78 is 0. The number of amides is 1. The summed E-state index contributed by atoms with van der Waals surface area (Å²) in [6.45, 7) is 6.36. The van der Waals surface area contributed by atoms with Crippen LogP contribution in [-0.2, 0) is 4.79 Å². The van der Waals surface area contributed by atoms with Crippen LogP contribution in [-0.4, -0.2) is 29.2 Å². The Hall–Kier alpha value is -0.0500. The second-order valence-electron chi connectivity index (χ2n) is 4.23. The quantitative estimate of drug-likeness (QED) is 0.653. The monoisotopic (exact) mass is 277 g/mol. The molecular formula is C12H24BrNO. The number of nitrogens with zero attached hydrogens (tertiary/aromatic N) is 1. The summed E-state index contributed by atoms with van der Waals surface area (Å²) >= 11 is 3.42. The van der Waals surface area contributed by atoms with Crippen molar-refractivity contribution in [1.29, 1.82) is 0 Å². The molecule has 0 aliphatic heterocycles. The van der Waals surface area contributed by atoms with Gasteiger partial charge in [-0.25, -0.2) is 0 Å². The molecule has 0 aliphatic rings. The van der Waals surface area contributed by atoms with E-state index in [0.29, 0.717) is 5.91 Å². The predicted octanol–water partition coefficient (Wildman–Crippen LogP) is 3.44. The molecule has 0 heterocycles. The maximum atomic E-state index is 12.1. The van der Waals surface area contributed by atoms with E-state index < -0.39 is 0 Å². The van der Waals surface area contributed by atoms with Crippen LogP contribution in [0.2, 0.25) is 0 Å². The fourth-order valence-electron chi connectivity index (χ4n) is 1.70. The maximum Gasteiger partial charge on any atom is 0.225 e. The molecule has 2 nitrogen and oxygen atoms in total. The minimum Gasteiger partial charge on any atom is -0.342 e. The SMILES string of the molecule is CCCC(CCC)C(=O)N(C)C(C)CBr. The average molecular weight is 278 g/mol. The third-order valence-corrected chi connectivity index (χ3v) is 3.79. The van der Waals surface area contributed by atoms with E-state index in [1.807, 2.05) is 11.9 Å². The summed E-state index contributed by atoms with van der Waals surface area (Å²) in [5.74, 6) is 0.539. The lowest BCUT2D eigenvalue weighted by atomic mass is 9.96. The largest absolute Gasteiger partial charge is 0.342 e. The van der Waals surface area contributed by atoms with Crippen LogP contribution in [0.15, 0.2) is 0 Å². The first-order valence-corrected chi connectivity index (χ1v) is 7.03. The van der Waals surface area contributed by atoms with Gasteiger partial charge in [0.1, 0.15) is 0 Å². The van der Waals surface area contributed by atoms with Crippen LogP contribution in [0.3, 0.4) is 0 Å². The van der Waals surface area contributed by atoms with Crippen LogP contribution in [0.4, 0.5) is 0 Å². The van der Waals surface area contributed by atoms with Gasteiger partial charge in [0.15, 0.2) is 0 Å². The van der Waals surface area contributed by atoms with Crippen LogP contribution in [0, 0.1) is 5.92 Å². The van der Waals surface area contributed by atoms with Crippen molar-refractivity contribution in [2.45, 2.75) is 52.5 Å². The molecule has 0 aromatic rings. The van der Waals surface area contributed by atoms with Crippen LogP contribution >= 0.6 is 15.9 Å². The Morgan fingerprint density at radius 1 is 1.27 bits per heavy atom. The first-order chi connectivity index (χ1) is 7.08. The molecule has 1 atom stereocenters. The number of carbonyl (C=O) groups is 1. The molecule has 1 amide bonds. The second-order valence-corrected chi connectivity index (χ2v) is 4.87. The van der Waals surface area contributed by atoms with E-state index in [0.717, 1.165) is 31.0 Å². The van der Waals surface area contributed by atoms with E-state index in [-0.39, 0.29) is 12.0 Å². The Labute approximate surface area is 103 Å². The number of hydrogen-bond donors (Lipinski definition) is 0. The maximum absolute atomic E-state index is 12.1. The topological polar surface area (TPSA) is 20.3 Å². The summed E-state index contributed by atoms with van der Waals surface area (Å²) in [5, 5.41) is 0.847. The fraction of sp³-hybridized carbons (Fsp3) is 0.917. The summed E-state index contributed by atoms with van der Waals surface area (Å²) in [7, 11) is 1.91. The smallest absolute Gasteiger partial charge is 0.225 e. The van der Waals surface area contributed by atoms with Crippen molar-refractivity contribution in [2.75, 3.05) is 12.4 Å². The molecule has 0 aromatic carbocycles. The zero-order valence-corrected chi connectivity index (χ0v) is 12.0. The first-order valence-electron chi connectivity index (χ1n) is 5.91. The molecule has 0 N–H and O–H groups in total. The minimum atomic E-state index is 0.228. The summed E-state index contributed by atoms with van der Waals surface area (Å²) in [5.41, 5.74) is 0. The Kier molecular flexibility index (Phi) is 8.12. The van der Waals surface area contributed by atoms with Gasteiger partial charge in [-0.3, -0.25) is 4.79 Å². The Morgan fingerprint density at radius 2 is 1.73 bits per heavy atom. The van der Waals surface area contributed by atoms with Crippen molar-refractivity contribution < 1.29 is 4.79 Å². The van der Waals surface area contributed by atoms with Crippen molar-refractivity contribution in [3.8, 4) is 0 Å².